The first-order valence-corrected chi connectivity index (χ1v) is 12.0. The van der Waals surface area contributed by atoms with E-state index in [-0.39, 0.29) is 55.4 Å². The molecule has 9 nitrogen and oxygen atoms in total. The molecular formula is C24H25F2N5O4. The van der Waals surface area contributed by atoms with Crippen LogP contribution in [0.15, 0.2) is 16.5 Å². The van der Waals surface area contributed by atoms with Gasteiger partial charge in [-0.15, -0.1) is 5.10 Å². The summed E-state index contributed by atoms with van der Waals surface area (Å²) in [5.41, 5.74) is 0.165. The third-order valence-corrected chi connectivity index (χ3v) is 7.98. The van der Waals surface area contributed by atoms with Crippen molar-refractivity contribution >= 4 is 29.4 Å². The van der Waals surface area contributed by atoms with E-state index in [1.54, 1.807) is 0 Å². The fraction of sp³-hybridized carbons (Fsp3) is 0.542. The molecule has 35 heavy (non-hydrogen) atoms. The van der Waals surface area contributed by atoms with Gasteiger partial charge in [0, 0.05) is 36.6 Å². The molecule has 2 aromatic rings. The average molecular weight is 485 g/mol. The van der Waals surface area contributed by atoms with Gasteiger partial charge in [0.2, 0.25) is 23.6 Å². The summed E-state index contributed by atoms with van der Waals surface area (Å²) in [4.78, 5) is 37.4. The van der Waals surface area contributed by atoms with Gasteiger partial charge in [0.25, 0.3) is 0 Å². The van der Waals surface area contributed by atoms with E-state index < -0.39 is 34.9 Å². The molecule has 4 aliphatic rings. The third-order valence-electron chi connectivity index (χ3n) is 7.98. The van der Waals surface area contributed by atoms with Crippen molar-refractivity contribution < 1.29 is 27.6 Å². The van der Waals surface area contributed by atoms with Crippen LogP contribution in [0.4, 0.5) is 20.5 Å². The summed E-state index contributed by atoms with van der Waals surface area (Å²) in [6.45, 7) is 0.166. The number of halogens is 2. The largest absolute Gasteiger partial charge is 0.408 e. The number of carbonyl (C=O) groups is 3. The van der Waals surface area contributed by atoms with Gasteiger partial charge in [-0.25, -0.2) is 8.78 Å². The monoisotopic (exact) mass is 485 g/mol. The summed E-state index contributed by atoms with van der Waals surface area (Å²) < 4.78 is 35.6. The van der Waals surface area contributed by atoms with Crippen molar-refractivity contribution in [2.75, 3.05) is 16.8 Å². The molecule has 2 aliphatic carbocycles. The number of nitrogens with one attached hydrogen (secondary N) is 2. The lowest BCUT2D eigenvalue weighted by Crippen LogP contribution is -2.41. The Hall–Kier alpha value is -3.37. The number of rotatable bonds is 5. The highest BCUT2D eigenvalue weighted by Gasteiger charge is 2.50. The summed E-state index contributed by atoms with van der Waals surface area (Å²) >= 11 is 0. The summed E-state index contributed by atoms with van der Waals surface area (Å²) in [5.74, 6) is -3.54. The van der Waals surface area contributed by atoms with Crippen molar-refractivity contribution in [1.82, 2.24) is 15.5 Å². The molecule has 3 amide bonds. The van der Waals surface area contributed by atoms with Crippen LogP contribution >= 0.6 is 0 Å². The second-order valence-electron chi connectivity index (χ2n) is 10.3. The van der Waals surface area contributed by atoms with E-state index in [1.165, 1.54) is 24.2 Å². The highest BCUT2D eigenvalue weighted by atomic mass is 19.1. The molecule has 11 heteroatoms. The lowest BCUT2D eigenvalue weighted by atomic mass is 9.52. The third kappa shape index (κ3) is 3.86. The topological polar surface area (TPSA) is 117 Å². The Kier molecular flexibility index (Phi) is 5.12. The van der Waals surface area contributed by atoms with Gasteiger partial charge in [0.15, 0.2) is 0 Å². The zero-order chi connectivity index (χ0) is 24.3. The molecule has 1 aromatic heterocycles. The predicted molar refractivity (Wildman–Crippen MR) is 118 cm³/mol. The minimum Gasteiger partial charge on any atom is -0.408 e. The van der Waals surface area contributed by atoms with E-state index in [0.29, 0.717) is 11.3 Å². The Morgan fingerprint density at radius 3 is 2.51 bits per heavy atom. The van der Waals surface area contributed by atoms with E-state index in [9.17, 15) is 23.2 Å². The molecule has 2 atom stereocenters. The zero-order valence-corrected chi connectivity index (χ0v) is 19.0. The van der Waals surface area contributed by atoms with Gasteiger partial charge in [0.1, 0.15) is 11.6 Å². The molecule has 2 aliphatic heterocycles. The minimum absolute atomic E-state index is 0.00794. The summed E-state index contributed by atoms with van der Waals surface area (Å²) in [7, 11) is 0. The van der Waals surface area contributed by atoms with E-state index in [0.717, 1.165) is 25.0 Å². The standard InChI is InChI=1S/C24H25F2N5O4/c25-16-7-14(8-17(26)20(16)15-2-3-18(32)28-21(15)34)31-11-13(6-19(31)33)27-23-30-29-22(35-23)12-9-24(10-12)4-1-5-24/h7-8,12-13,15H,1-6,9-11H2,(H,27,30)(H,28,32,34)/t13-,15?/m1/s1. The van der Waals surface area contributed by atoms with Crippen LogP contribution in [-0.2, 0) is 14.4 Å². The Bertz CT molecular complexity index is 1200. The van der Waals surface area contributed by atoms with E-state index in [2.05, 4.69) is 20.8 Å². The maximum atomic E-state index is 14.9. The summed E-state index contributed by atoms with van der Waals surface area (Å²) in [6, 6.07) is 1.98. The Labute approximate surface area is 199 Å². The quantitative estimate of drug-likeness (QED) is 0.625. The molecule has 4 fully saturated rings. The summed E-state index contributed by atoms with van der Waals surface area (Å²) in [6.07, 6.45) is 6.14. The Morgan fingerprint density at radius 1 is 1.11 bits per heavy atom. The van der Waals surface area contributed by atoms with Crippen molar-refractivity contribution in [3.05, 3.63) is 35.2 Å². The summed E-state index contributed by atoms with van der Waals surface area (Å²) in [5, 5.41) is 13.4. The molecule has 184 valence electrons. The Balaban J connectivity index is 1.12. The van der Waals surface area contributed by atoms with Crippen LogP contribution in [0.25, 0.3) is 0 Å². The predicted octanol–water partition coefficient (Wildman–Crippen LogP) is 3.13. The van der Waals surface area contributed by atoms with Crippen molar-refractivity contribution in [2.45, 2.75) is 69.2 Å². The fourth-order valence-electron chi connectivity index (χ4n) is 5.96. The second kappa shape index (κ2) is 8.10. The number of amides is 3. The minimum atomic E-state index is -1.09. The molecule has 2 saturated carbocycles. The molecule has 1 aromatic carbocycles. The highest BCUT2D eigenvalue weighted by Crippen LogP contribution is 2.61. The number of carbonyl (C=O) groups excluding carboxylic acids is 3. The van der Waals surface area contributed by atoms with E-state index >= 15 is 0 Å². The molecular weight excluding hydrogens is 460 g/mol. The van der Waals surface area contributed by atoms with Gasteiger partial charge in [-0.05, 0) is 49.7 Å². The Morgan fingerprint density at radius 2 is 1.86 bits per heavy atom. The number of piperidine rings is 1. The number of benzene rings is 1. The van der Waals surface area contributed by atoms with Crippen LogP contribution < -0.4 is 15.5 Å². The lowest BCUT2D eigenvalue weighted by Gasteiger charge is -2.53. The van der Waals surface area contributed by atoms with Gasteiger partial charge in [0.05, 0.1) is 12.0 Å². The van der Waals surface area contributed by atoms with E-state index in [1.807, 2.05) is 0 Å². The molecule has 2 saturated heterocycles. The SMILES string of the molecule is O=C1CCC(c2c(F)cc(N3C[C@H](Nc4nnc(C5CC6(CCC6)C5)o4)CC3=O)cc2F)C(=O)N1. The van der Waals surface area contributed by atoms with Gasteiger partial charge in [-0.1, -0.05) is 11.5 Å². The lowest BCUT2D eigenvalue weighted by molar-refractivity contribution is -0.134. The van der Waals surface area contributed by atoms with Gasteiger partial charge in [-0.3, -0.25) is 19.7 Å². The number of hydrogen-bond donors (Lipinski definition) is 2. The van der Waals surface area contributed by atoms with Crippen LogP contribution in [0.2, 0.25) is 0 Å². The molecule has 3 heterocycles. The number of anilines is 2. The van der Waals surface area contributed by atoms with Crippen LogP contribution in [0.3, 0.4) is 0 Å². The number of aromatic nitrogens is 2. The molecule has 6 rings (SSSR count). The molecule has 2 N–H and O–H groups in total. The molecule has 0 bridgehead atoms. The normalized spacial score (nSPS) is 26.0. The van der Waals surface area contributed by atoms with Gasteiger partial charge < -0.3 is 14.6 Å². The maximum absolute atomic E-state index is 14.9. The van der Waals surface area contributed by atoms with Crippen molar-refractivity contribution in [1.29, 1.82) is 0 Å². The van der Waals surface area contributed by atoms with Crippen LogP contribution in [0, 0.1) is 17.0 Å². The van der Waals surface area contributed by atoms with Crippen molar-refractivity contribution in [3.63, 3.8) is 0 Å². The smallest absolute Gasteiger partial charge is 0.315 e. The number of imide groups is 1. The molecule has 1 unspecified atom stereocenters. The molecule has 1 spiro atoms. The maximum Gasteiger partial charge on any atom is 0.315 e. The zero-order valence-electron chi connectivity index (χ0n) is 19.0. The fourth-order valence-corrected chi connectivity index (χ4v) is 5.96. The first-order valence-electron chi connectivity index (χ1n) is 12.0. The van der Waals surface area contributed by atoms with Crippen LogP contribution in [-0.4, -0.2) is 40.5 Å². The van der Waals surface area contributed by atoms with Crippen LogP contribution in [0.5, 0.6) is 0 Å². The van der Waals surface area contributed by atoms with Gasteiger partial charge >= 0.3 is 6.01 Å². The van der Waals surface area contributed by atoms with E-state index in [4.69, 9.17) is 4.42 Å². The molecule has 0 radical (unpaired) electrons. The van der Waals surface area contributed by atoms with Gasteiger partial charge in [-0.2, -0.15) is 0 Å². The second-order valence-corrected chi connectivity index (χ2v) is 10.3. The van der Waals surface area contributed by atoms with Crippen molar-refractivity contribution in [3.8, 4) is 0 Å². The number of hydrogen-bond acceptors (Lipinski definition) is 7. The van der Waals surface area contributed by atoms with Crippen LogP contribution in [0.1, 0.15) is 74.7 Å². The average Bonchev–Trinajstić information content (AvgIpc) is 3.33. The first-order chi connectivity index (χ1) is 16.8. The number of nitrogens with zero attached hydrogens (tertiary/aromatic N) is 3. The first kappa shape index (κ1) is 22.1. The highest BCUT2D eigenvalue weighted by molar-refractivity contribution is 6.01. The van der Waals surface area contributed by atoms with Crippen molar-refractivity contribution in [2.24, 2.45) is 5.41 Å².